The molecule has 4 aliphatic rings. The van der Waals surface area contributed by atoms with Gasteiger partial charge < -0.3 is 9.80 Å². The Bertz CT molecular complexity index is 2150. The summed E-state index contributed by atoms with van der Waals surface area (Å²) in [6, 6.07) is 54.7. The lowest BCUT2D eigenvalue weighted by molar-refractivity contribution is 1.01. The lowest BCUT2D eigenvalue weighted by atomic mass is 9.83. The maximum absolute atomic E-state index is 2.51. The SMILES string of the molecule is c1ccc2c(c1)Cc1cc(-c3ccc(-c4cc5c6c(c4)Cc4ccccc4N6c4ccccc4C5)cc3)cc3c1N2c1ccccc1C3. The Kier molecular flexibility index (Phi) is 5.37. The van der Waals surface area contributed by atoms with Gasteiger partial charge in [-0.2, -0.15) is 0 Å². The maximum Gasteiger partial charge on any atom is 0.0533 e. The lowest BCUT2D eigenvalue weighted by Crippen LogP contribution is -2.24. The molecule has 0 spiro atoms. The minimum atomic E-state index is 0.963. The highest BCUT2D eigenvalue weighted by atomic mass is 15.2. The highest BCUT2D eigenvalue weighted by molar-refractivity contribution is 5.92. The smallest absolute Gasteiger partial charge is 0.0533 e. The molecule has 226 valence electrons. The first-order valence-corrected chi connectivity index (χ1v) is 17.1. The summed E-state index contributed by atoms with van der Waals surface area (Å²) in [5.74, 6) is 0. The van der Waals surface area contributed by atoms with E-state index in [1.54, 1.807) is 0 Å². The van der Waals surface area contributed by atoms with Gasteiger partial charge in [-0.3, -0.25) is 0 Å². The molecule has 0 fully saturated rings. The number of hydrogen-bond acceptors (Lipinski definition) is 2. The Hall–Kier alpha value is -5.86. The number of rotatable bonds is 2. The molecule has 0 N–H and O–H groups in total. The number of benzene rings is 7. The van der Waals surface area contributed by atoms with Crippen molar-refractivity contribution in [3.8, 4) is 22.3 Å². The fraction of sp³-hybridized carbons (Fsp3) is 0.0870. The van der Waals surface area contributed by atoms with Crippen molar-refractivity contribution in [3.63, 3.8) is 0 Å². The van der Waals surface area contributed by atoms with Crippen LogP contribution in [0, 0.1) is 0 Å². The van der Waals surface area contributed by atoms with Gasteiger partial charge in [-0.25, -0.2) is 0 Å². The number of nitrogens with zero attached hydrogens (tertiary/aromatic N) is 2. The van der Waals surface area contributed by atoms with Crippen LogP contribution in [0.15, 0.2) is 146 Å². The second-order valence-electron chi connectivity index (χ2n) is 13.8. The van der Waals surface area contributed by atoms with E-state index in [9.17, 15) is 0 Å². The number of hydrogen-bond donors (Lipinski definition) is 0. The van der Waals surface area contributed by atoms with Crippen LogP contribution < -0.4 is 9.80 Å². The molecule has 48 heavy (non-hydrogen) atoms. The van der Waals surface area contributed by atoms with Crippen molar-refractivity contribution in [2.75, 3.05) is 9.80 Å². The molecule has 7 aromatic rings. The molecule has 0 saturated carbocycles. The molecular formula is C46H32N2. The van der Waals surface area contributed by atoms with Gasteiger partial charge in [0.2, 0.25) is 0 Å². The van der Waals surface area contributed by atoms with Crippen LogP contribution in [0.5, 0.6) is 0 Å². The van der Waals surface area contributed by atoms with Crippen LogP contribution in [0.1, 0.15) is 44.5 Å². The van der Waals surface area contributed by atoms with Crippen molar-refractivity contribution in [2.24, 2.45) is 0 Å². The first kappa shape index (κ1) is 26.2. The van der Waals surface area contributed by atoms with E-state index in [1.807, 2.05) is 0 Å². The van der Waals surface area contributed by atoms with Crippen LogP contribution in [-0.4, -0.2) is 0 Å². The Labute approximate surface area is 281 Å². The van der Waals surface area contributed by atoms with E-state index in [0.717, 1.165) is 25.7 Å². The predicted octanol–water partition coefficient (Wildman–Crippen LogP) is 11.6. The van der Waals surface area contributed by atoms with Gasteiger partial charge in [0, 0.05) is 48.4 Å². The van der Waals surface area contributed by atoms with E-state index in [0.29, 0.717) is 0 Å². The molecule has 0 aliphatic carbocycles. The summed E-state index contributed by atoms with van der Waals surface area (Å²) in [5.41, 5.74) is 24.4. The molecule has 0 unspecified atom stereocenters. The molecule has 2 heteroatoms. The van der Waals surface area contributed by atoms with Crippen LogP contribution in [0.25, 0.3) is 22.3 Å². The third-order valence-electron chi connectivity index (χ3n) is 11.0. The Morgan fingerprint density at radius 1 is 0.271 bits per heavy atom. The van der Waals surface area contributed by atoms with Crippen LogP contribution in [0.4, 0.5) is 34.1 Å². The van der Waals surface area contributed by atoms with E-state index >= 15 is 0 Å². The van der Waals surface area contributed by atoms with E-state index < -0.39 is 0 Å². The summed E-state index contributed by atoms with van der Waals surface area (Å²) in [7, 11) is 0. The van der Waals surface area contributed by atoms with Gasteiger partial charge in [-0.15, -0.1) is 0 Å². The highest BCUT2D eigenvalue weighted by Crippen LogP contribution is 2.53. The topological polar surface area (TPSA) is 6.48 Å². The molecule has 7 aromatic carbocycles. The number of para-hydroxylation sites is 4. The van der Waals surface area contributed by atoms with E-state index in [4.69, 9.17) is 0 Å². The molecule has 4 heterocycles. The molecule has 0 saturated heterocycles. The zero-order valence-electron chi connectivity index (χ0n) is 26.6. The van der Waals surface area contributed by atoms with Gasteiger partial charge in [0.15, 0.2) is 0 Å². The second kappa shape index (κ2) is 9.82. The Morgan fingerprint density at radius 3 is 0.833 bits per heavy atom. The summed E-state index contributed by atoms with van der Waals surface area (Å²) in [4.78, 5) is 5.02. The lowest BCUT2D eigenvalue weighted by Gasteiger charge is -2.39. The molecule has 0 radical (unpaired) electrons. The minimum absolute atomic E-state index is 0.963. The summed E-state index contributed by atoms with van der Waals surface area (Å²) < 4.78 is 0. The molecule has 0 aromatic heterocycles. The first-order chi connectivity index (χ1) is 23.8. The molecule has 0 bridgehead atoms. The van der Waals surface area contributed by atoms with Crippen molar-refractivity contribution < 1.29 is 0 Å². The largest absolute Gasteiger partial charge is 0.309 e. The highest BCUT2D eigenvalue weighted by Gasteiger charge is 2.33. The summed E-state index contributed by atoms with van der Waals surface area (Å²) in [5, 5.41) is 0. The number of anilines is 6. The average molecular weight is 613 g/mol. The van der Waals surface area contributed by atoms with E-state index in [2.05, 4.69) is 155 Å². The van der Waals surface area contributed by atoms with Crippen LogP contribution in [0.2, 0.25) is 0 Å². The van der Waals surface area contributed by atoms with Crippen LogP contribution in [0.3, 0.4) is 0 Å². The van der Waals surface area contributed by atoms with Crippen LogP contribution in [-0.2, 0) is 25.7 Å². The van der Waals surface area contributed by atoms with Gasteiger partial charge in [0.05, 0.1) is 11.4 Å². The second-order valence-corrected chi connectivity index (χ2v) is 13.8. The quantitative estimate of drug-likeness (QED) is 0.192. The van der Waals surface area contributed by atoms with Crippen molar-refractivity contribution in [3.05, 3.63) is 190 Å². The standard InChI is InChI=1S/C46H32N2/c1-5-13-41-31(9-1)21-37-25-35(26-38-22-32-10-2-6-14-42(32)47(41)45(37)38)29-17-19-30(20-18-29)36-27-39-23-33-11-3-7-15-43(33)48-44-16-8-4-12-34(44)24-40(28-36)46(39)48/h1-20,25-28H,21-24H2. The predicted molar refractivity (Wildman–Crippen MR) is 198 cm³/mol. The molecular weight excluding hydrogens is 581 g/mol. The molecule has 0 amide bonds. The molecule has 4 aliphatic heterocycles. The van der Waals surface area contributed by atoms with Gasteiger partial charge >= 0.3 is 0 Å². The zero-order valence-corrected chi connectivity index (χ0v) is 26.6. The van der Waals surface area contributed by atoms with Gasteiger partial charge in [-0.05, 0) is 115 Å². The molecule has 0 atom stereocenters. The summed E-state index contributed by atoms with van der Waals surface area (Å²) in [6.07, 6.45) is 3.85. The van der Waals surface area contributed by atoms with Crippen LogP contribution >= 0.6 is 0 Å². The fourth-order valence-corrected chi connectivity index (χ4v) is 8.90. The normalized spacial score (nSPS) is 14.2. The van der Waals surface area contributed by atoms with E-state index in [1.165, 1.54) is 101 Å². The summed E-state index contributed by atoms with van der Waals surface area (Å²) >= 11 is 0. The van der Waals surface area contributed by atoms with Crippen molar-refractivity contribution in [2.45, 2.75) is 25.7 Å². The fourth-order valence-electron chi connectivity index (χ4n) is 8.90. The Morgan fingerprint density at radius 2 is 0.542 bits per heavy atom. The summed E-state index contributed by atoms with van der Waals surface area (Å²) in [6.45, 7) is 0. The maximum atomic E-state index is 2.51. The minimum Gasteiger partial charge on any atom is -0.309 e. The molecule has 2 nitrogen and oxygen atoms in total. The third-order valence-corrected chi connectivity index (χ3v) is 11.0. The van der Waals surface area contributed by atoms with Gasteiger partial charge in [-0.1, -0.05) is 97.1 Å². The van der Waals surface area contributed by atoms with Gasteiger partial charge in [0.25, 0.3) is 0 Å². The van der Waals surface area contributed by atoms with Crippen molar-refractivity contribution in [1.82, 2.24) is 0 Å². The van der Waals surface area contributed by atoms with Crippen molar-refractivity contribution >= 4 is 34.1 Å². The van der Waals surface area contributed by atoms with Crippen molar-refractivity contribution in [1.29, 1.82) is 0 Å². The third kappa shape index (κ3) is 3.74. The first-order valence-electron chi connectivity index (χ1n) is 17.1. The number of fused-ring (bicyclic) bond motifs is 8. The monoisotopic (exact) mass is 612 g/mol. The Balaban J connectivity index is 0.993. The molecule has 11 rings (SSSR count). The van der Waals surface area contributed by atoms with Gasteiger partial charge in [0.1, 0.15) is 0 Å². The van der Waals surface area contributed by atoms with E-state index in [-0.39, 0.29) is 0 Å². The zero-order chi connectivity index (χ0) is 31.3. The average Bonchev–Trinajstić information content (AvgIpc) is 3.14.